The van der Waals surface area contributed by atoms with Crippen molar-refractivity contribution < 1.29 is 19.0 Å². The van der Waals surface area contributed by atoms with Crippen LogP contribution in [0.2, 0.25) is 0 Å². The van der Waals surface area contributed by atoms with Crippen molar-refractivity contribution in [2.75, 3.05) is 26.6 Å². The molecule has 2 heterocycles. The highest BCUT2D eigenvalue weighted by Crippen LogP contribution is 2.33. The van der Waals surface area contributed by atoms with Crippen LogP contribution in [-0.4, -0.2) is 46.3 Å². The van der Waals surface area contributed by atoms with Gasteiger partial charge in [0, 0.05) is 12.1 Å². The predicted octanol–water partition coefficient (Wildman–Crippen LogP) is 2.40. The van der Waals surface area contributed by atoms with Gasteiger partial charge in [-0.05, 0) is 25.0 Å². The van der Waals surface area contributed by atoms with E-state index in [0.29, 0.717) is 53.4 Å². The molecule has 152 valence electrons. The van der Waals surface area contributed by atoms with E-state index in [2.05, 4.69) is 21.5 Å². The van der Waals surface area contributed by atoms with Crippen molar-refractivity contribution in [3.63, 3.8) is 0 Å². The zero-order valence-electron chi connectivity index (χ0n) is 16.4. The largest absolute Gasteiger partial charge is 0.493 e. The minimum atomic E-state index is -0.432. The van der Waals surface area contributed by atoms with E-state index >= 15 is 0 Å². The third-order valence-electron chi connectivity index (χ3n) is 4.36. The normalized spacial score (nSPS) is 10.7. The van der Waals surface area contributed by atoms with E-state index in [1.54, 1.807) is 31.6 Å². The monoisotopic (exact) mass is 397 g/mol. The summed E-state index contributed by atoms with van der Waals surface area (Å²) < 4.78 is 18.0. The second-order valence-corrected chi connectivity index (χ2v) is 6.22. The first kappa shape index (κ1) is 20.1. The molecule has 0 aliphatic carbocycles. The molecule has 0 saturated carbocycles. The van der Waals surface area contributed by atoms with E-state index in [1.165, 1.54) is 13.4 Å². The molecule has 1 aromatic carbocycles. The summed E-state index contributed by atoms with van der Waals surface area (Å²) in [5.74, 6) is 0.959. The van der Waals surface area contributed by atoms with Crippen LogP contribution in [0.15, 0.2) is 37.4 Å². The van der Waals surface area contributed by atoms with E-state index in [9.17, 15) is 4.79 Å². The van der Waals surface area contributed by atoms with Gasteiger partial charge < -0.3 is 24.5 Å². The lowest BCUT2D eigenvalue weighted by molar-refractivity contribution is 0.0495. The number of rotatable bonds is 9. The fourth-order valence-electron chi connectivity index (χ4n) is 3.01. The van der Waals surface area contributed by atoms with E-state index in [1.807, 2.05) is 4.57 Å². The number of methoxy groups -OCH3 is 2. The molecule has 0 amide bonds. The number of esters is 1. The molecule has 0 aliphatic heterocycles. The number of aryl methyl sites for hydroxylation is 1. The van der Waals surface area contributed by atoms with Crippen molar-refractivity contribution in [2.45, 2.75) is 19.4 Å². The molecule has 0 aliphatic rings. The Labute approximate surface area is 168 Å². The quantitative estimate of drug-likeness (QED) is 0.333. The zero-order chi connectivity index (χ0) is 20.8. The molecule has 29 heavy (non-hydrogen) atoms. The second-order valence-electron chi connectivity index (χ2n) is 6.22. The Morgan fingerprint density at radius 2 is 2.07 bits per heavy atom. The number of carbonyl (C=O) groups is 1. The maximum Gasteiger partial charge on any atom is 0.338 e. The average molecular weight is 397 g/mol. The van der Waals surface area contributed by atoms with Crippen molar-refractivity contribution in [2.24, 2.45) is 0 Å². The number of hydrogen-bond acceptors (Lipinski definition) is 8. The number of carbonyl (C=O) groups excluding carboxylic acids is 1. The summed E-state index contributed by atoms with van der Waals surface area (Å²) in [5, 5.41) is 0. The minimum Gasteiger partial charge on any atom is -0.493 e. The van der Waals surface area contributed by atoms with Gasteiger partial charge in [0.25, 0.3) is 0 Å². The van der Waals surface area contributed by atoms with E-state index in [0.717, 1.165) is 5.56 Å². The SMILES string of the molecule is C=CCc1cc(C(=O)OCCCn2cnc3c(N)ncnc32)cc(OC)c1OC. The van der Waals surface area contributed by atoms with Crippen molar-refractivity contribution in [3.8, 4) is 11.5 Å². The Morgan fingerprint density at radius 3 is 2.79 bits per heavy atom. The van der Waals surface area contributed by atoms with Crippen molar-refractivity contribution in [1.29, 1.82) is 0 Å². The molecule has 0 spiro atoms. The third kappa shape index (κ3) is 4.29. The standard InChI is InChI=1S/C20H23N5O4/c1-4-6-13-9-14(10-15(27-2)17(13)28-3)20(26)29-8-5-7-25-12-24-16-18(21)22-11-23-19(16)25/h4,9-12H,1,5-8H2,2-3H3,(H2,21,22,23). The Hall–Kier alpha value is -3.62. The van der Waals surface area contributed by atoms with Crippen LogP contribution in [0.25, 0.3) is 11.2 Å². The number of nitrogens with zero attached hydrogens (tertiary/aromatic N) is 4. The highest BCUT2D eigenvalue weighted by atomic mass is 16.5. The first-order valence-corrected chi connectivity index (χ1v) is 9.03. The maximum atomic E-state index is 12.5. The number of allylic oxidation sites excluding steroid dienone is 1. The van der Waals surface area contributed by atoms with E-state index in [-0.39, 0.29) is 6.61 Å². The van der Waals surface area contributed by atoms with Gasteiger partial charge in [-0.3, -0.25) is 0 Å². The number of aromatic nitrogens is 4. The van der Waals surface area contributed by atoms with Crippen molar-refractivity contribution >= 4 is 23.0 Å². The smallest absolute Gasteiger partial charge is 0.338 e. The fourth-order valence-corrected chi connectivity index (χ4v) is 3.01. The van der Waals surface area contributed by atoms with Crippen LogP contribution in [0.3, 0.4) is 0 Å². The van der Waals surface area contributed by atoms with Crippen LogP contribution in [0.1, 0.15) is 22.3 Å². The Kier molecular flexibility index (Phi) is 6.28. The number of nitrogen functional groups attached to an aromatic ring is 1. The molecule has 9 nitrogen and oxygen atoms in total. The Morgan fingerprint density at radius 1 is 1.24 bits per heavy atom. The molecule has 0 fully saturated rings. The van der Waals surface area contributed by atoms with Crippen molar-refractivity contribution in [3.05, 3.63) is 48.6 Å². The van der Waals surface area contributed by atoms with Gasteiger partial charge in [0.2, 0.25) is 0 Å². The summed E-state index contributed by atoms with van der Waals surface area (Å²) in [4.78, 5) is 24.8. The third-order valence-corrected chi connectivity index (χ3v) is 4.36. The summed E-state index contributed by atoms with van der Waals surface area (Å²) in [5.41, 5.74) is 8.19. The number of imidazole rings is 1. The van der Waals surface area contributed by atoms with Gasteiger partial charge in [-0.2, -0.15) is 0 Å². The van der Waals surface area contributed by atoms with Gasteiger partial charge >= 0.3 is 5.97 Å². The summed E-state index contributed by atoms with van der Waals surface area (Å²) in [6.07, 6.45) is 5.91. The summed E-state index contributed by atoms with van der Waals surface area (Å²) in [7, 11) is 3.08. The lowest BCUT2D eigenvalue weighted by atomic mass is 10.1. The molecular weight excluding hydrogens is 374 g/mol. The molecular formula is C20H23N5O4. The first-order chi connectivity index (χ1) is 14.1. The highest BCUT2D eigenvalue weighted by Gasteiger charge is 2.16. The topological polar surface area (TPSA) is 114 Å². The van der Waals surface area contributed by atoms with E-state index in [4.69, 9.17) is 19.9 Å². The van der Waals surface area contributed by atoms with Gasteiger partial charge in [-0.15, -0.1) is 6.58 Å². The van der Waals surface area contributed by atoms with Gasteiger partial charge in [0.1, 0.15) is 11.8 Å². The van der Waals surface area contributed by atoms with Crippen LogP contribution in [0.4, 0.5) is 5.82 Å². The molecule has 0 saturated heterocycles. The number of benzene rings is 1. The van der Waals surface area contributed by atoms with Crippen LogP contribution in [-0.2, 0) is 17.7 Å². The average Bonchev–Trinajstić information content (AvgIpc) is 3.15. The van der Waals surface area contributed by atoms with Gasteiger partial charge in [-0.1, -0.05) is 6.08 Å². The molecule has 0 unspecified atom stereocenters. The van der Waals surface area contributed by atoms with Crippen LogP contribution in [0, 0.1) is 0 Å². The zero-order valence-corrected chi connectivity index (χ0v) is 16.4. The lowest BCUT2D eigenvalue weighted by Crippen LogP contribution is -2.10. The fraction of sp³-hybridized carbons (Fsp3) is 0.300. The first-order valence-electron chi connectivity index (χ1n) is 9.03. The van der Waals surface area contributed by atoms with Gasteiger partial charge in [0.05, 0.1) is 32.7 Å². The van der Waals surface area contributed by atoms with Gasteiger partial charge in [-0.25, -0.2) is 19.7 Å². The van der Waals surface area contributed by atoms with Crippen LogP contribution in [0.5, 0.6) is 11.5 Å². The number of fused-ring (bicyclic) bond motifs is 1. The summed E-state index contributed by atoms with van der Waals surface area (Å²) in [6.45, 7) is 4.55. The minimum absolute atomic E-state index is 0.240. The molecule has 0 radical (unpaired) electrons. The maximum absolute atomic E-state index is 12.5. The lowest BCUT2D eigenvalue weighted by Gasteiger charge is -2.14. The Bertz CT molecular complexity index is 1030. The van der Waals surface area contributed by atoms with Crippen LogP contribution >= 0.6 is 0 Å². The molecule has 0 atom stereocenters. The molecule has 3 aromatic rings. The van der Waals surface area contributed by atoms with Crippen LogP contribution < -0.4 is 15.2 Å². The molecule has 2 aromatic heterocycles. The number of hydrogen-bond donors (Lipinski definition) is 1. The summed E-state index contributed by atoms with van der Waals surface area (Å²) >= 11 is 0. The second kappa shape index (κ2) is 9.05. The highest BCUT2D eigenvalue weighted by molar-refractivity contribution is 5.90. The predicted molar refractivity (Wildman–Crippen MR) is 108 cm³/mol. The molecule has 3 rings (SSSR count). The summed E-state index contributed by atoms with van der Waals surface area (Å²) in [6, 6.07) is 3.34. The van der Waals surface area contributed by atoms with Gasteiger partial charge in [0.15, 0.2) is 23.0 Å². The molecule has 9 heteroatoms. The van der Waals surface area contributed by atoms with E-state index < -0.39 is 5.97 Å². The Balaban J connectivity index is 1.64. The molecule has 0 bridgehead atoms. The number of nitrogens with two attached hydrogens (primary N) is 1. The van der Waals surface area contributed by atoms with Crippen molar-refractivity contribution in [1.82, 2.24) is 19.5 Å². The number of anilines is 1. The molecule has 2 N–H and O–H groups in total. The number of ether oxygens (including phenoxy) is 3.